The molecule has 0 bridgehead atoms. The first-order valence-electron chi connectivity index (χ1n) is 7.17. The highest BCUT2D eigenvalue weighted by Gasteiger charge is 2.10. The molecule has 1 unspecified atom stereocenters. The Morgan fingerprint density at radius 1 is 1.33 bits per heavy atom. The monoisotopic (exact) mass is 287 g/mol. The summed E-state index contributed by atoms with van der Waals surface area (Å²) in [7, 11) is 1.57. The molecule has 2 aromatic rings. The molecule has 2 aromatic heterocycles. The van der Waals surface area contributed by atoms with Gasteiger partial charge in [0.15, 0.2) is 0 Å². The van der Waals surface area contributed by atoms with E-state index in [9.17, 15) is 4.79 Å². The molecule has 0 aliphatic heterocycles. The number of rotatable bonds is 7. The highest BCUT2D eigenvalue weighted by Crippen LogP contribution is 2.11. The Morgan fingerprint density at radius 2 is 2.14 bits per heavy atom. The number of pyridine rings is 1. The quantitative estimate of drug-likeness (QED) is 0.785. The van der Waals surface area contributed by atoms with E-state index in [1.807, 2.05) is 23.0 Å². The molecule has 0 aromatic carbocycles. The minimum atomic E-state index is 0.136. The average Bonchev–Trinajstić information content (AvgIpc) is 2.95. The molecule has 112 valence electrons. The molecule has 0 N–H and O–H groups in total. The van der Waals surface area contributed by atoms with E-state index < -0.39 is 0 Å². The summed E-state index contributed by atoms with van der Waals surface area (Å²) in [6.07, 6.45) is 5.36. The normalized spacial score (nSPS) is 12.1. The van der Waals surface area contributed by atoms with Crippen molar-refractivity contribution in [3.63, 3.8) is 0 Å². The fraction of sp³-hybridized carbons (Fsp3) is 0.438. The molecular formula is C16H21N3O2. The number of carbonyl (C=O) groups is 1. The van der Waals surface area contributed by atoms with Crippen molar-refractivity contribution < 1.29 is 9.53 Å². The average molecular weight is 287 g/mol. The van der Waals surface area contributed by atoms with E-state index in [4.69, 9.17) is 4.74 Å². The van der Waals surface area contributed by atoms with Crippen molar-refractivity contribution in [2.75, 3.05) is 7.11 Å². The third kappa shape index (κ3) is 4.15. The van der Waals surface area contributed by atoms with Gasteiger partial charge < -0.3 is 4.74 Å². The maximum Gasteiger partial charge on any atom is 0.212 e. The molecule has 21 heavy (non-hydrogen) atoms. The van der Waals surface area contributed by atoms with Gasteiger partial charge in [0, 0.05) is 30.9 Å². The highest BCUT2D eigenvalue weighted by atomic mass is 16.5. The maximum absolute atomic E-state index is 12.1. The fourth-order valence-corrected chi connectivity index (χ4v) is 2.03. The van der Waals surface area contributed by atoms with Crippen LogP contribution in [0.4, 0.5) is 0 Å². The van der Waals surface area contributed by atoms with Gasteiger partial charge in [0.1, 0.15) is 5.78 Å². The van der Waals surface area contributed by atoms with Crippen molar-refractivity contribution >= 4 is 5.78 Å². The molecule has 1 atom stereocenters. The van der Waals surface area contributed by atoms with Gasteiger partial charge in [-0.1, -0.05) is 13.0 Å². The SMILES string of the molecule is CCC(C)n1ccc(CC(=O)Cc2ccc(OC)nc2)n1. The molecule has 2 rings (SSSR count). The van der Waals surface area contributed by atoms with E-state index in [1.165, 1.54) is 0 Å². The standard InChI is InChI=1S/C16H21N3O2/c1-4-12(2)19-8-7-14(18-19)10-15(20)9-13-5-6-16(21-3)17-11-13/h5-8,11-12H,4,9-10H2,1-3H3. The molecular weight excluding hydrogens is 266 g/mol. The Bertz CT molecular complexity index is 590. The predicted octanol–water partition coefficient (Wildman–Crippen LogP) is 2.61. The second-order valence-corrected chi connectivity index (χ2v) is 5.15. The molecule has 5 heteroatoms. The Hall–Kier alpha value is -2.17. The Balaban J connectivity index is 1.93. The Morgan fingerprint density at radius 3 is 2.76 bits per heavy atom. The van der Waals surface area contributed by atoms with Crippen molar-refractivity contribution in [3.05, 3.63) is 41.9 Å². The van der Waals surface area contributed by atoms with E-state index in [0.717, 1.165) is 17.7 Å². The molecule has 5 nitrogen and oxygen atoms in total. The van der Waals surface area contributed by atoms with Gasteiger partial charge in [-0.15, -0.1) is 0 Å². The van der Waals surface area contributed by atoms with Crippen molar-refractivity contribution in [1.82, 2.24) is 14.8 Å². The number of hydrogen-bond donors (Lipinski definition) is 0. The first-order valence-corrected chi connectivity index (χ1v) is 7.17. The molecule has 0 fully saturated rings. The minimum absolute atomic E-state index is 0.136. The van der Waals surface area contributed by atoms with Gasteiger partial charge in [0.25, 0.3) is 0 Å². The molecule has 0 aliphatic rings. The van der Waals surface area contributed by atoms with Crippen molar-refractivity contribution in [2.45, 2.75) is 39.2 Å². The lowest BCUT2D eigenvalue weighted by molar-refractivity contribution is -0.117. The molecule has 0 spiro atoms. The summed E-state index contributed by atoms with van der Waals surface area (Å²) in [5.74, 6) is 0.690. The first kappa shape index (κ1) is 15.2. The second-order valence-electron chi connectivity index (χ2n) is 5.15. The fourth-order valence-electron chi connectivity index (χ4n) is 2.03. The van der Waals surface area contributed by atoms with E-state index in [0.29, 0.717) is 24.8 Å². The molecule has 2 heterocycles. The van der Waals surface area contributed by atoms with E-state index in [1.54, 1.807) is 19.4 Å². The molecule has 0 saturated heterocycles. The minimum Gasteiger partial charge on any atom is -0.481 e. The summed E-state index contributed by atoms with van der Waals surface area (Å²) in [4.78, 5) is 16.2. The maximum atomic E-state index is 12.1. The van der Waals surface area contributed by atoms with Crippen LogP contribution < -0.4 is 4.74 Å². The summed E-state index contributed by atoms with van der Waals surface area (Å²) in [6, 6.07) is 5.90. The van der Waals surface area contributed by atoms with Gasteiger partial charge >= 0.3 is 0 Å². The summed E-state index contributed by atoms with van der Waals surface area (Å²) in [5.41, 5.74) is 1.71. The number of nitrogens with zero attached hydrogens (tertiary/aromatic N) is 3. The van der Waals surface area contributed by atoms with Gasteiger partial charge in [-0.05, 0) is 25.0 Å². The number of ketones is 1. The van der Waals surface area contributed by atoms with Crippen LogP contribution in [0.25, 0.3) is 0 Å². The van der Waals surface area contributed by atoms with E-state index >= 15 is 0 Å². The molecule has 0 saturated carbocycles. The van der Waals surface area contributed by atoms with Crippen LogP contribution in [-0.4, -0.2) is 27.7 Å². The Labute approximate surface area is 125 Å². The number of ether oxygens (including phenoxy) is 1. The third-order valence-corrected chi connectivity index (χ3v) is 3.49. The third-order valence-electron chi connectivity index (χ3n) is 3.49. The smallest absolute Gasteiger partial charge is 0.212 e. The number of Topliss-reactive ketones (excluding diaryl/α,β-unsaturated/α-hetero) is 1. The van der Waals surface area contributed by atoms with Crippen LogP contribution in [0.5, 0.6) is 5.88 Å². The highest BCUT2D eigenvalue weighted by molar-refractivity contribution is 5.82. The van der Waals surface area contributed by atoms with Gasteiger partial charge in [-0.2, -0.15) is 5.10 Å². The topological polar surface area (TPSA) is 57.0 Å². The number of carbonyl (C=O) groups excluding carboxylic acids is 1. The van der Waals surface area contributed by atoms with Crippen LogP contribution in [0.3, 0.4) is 0 Å². The largest absolute Gasteiger partial charge is 0.481 e. The van der Waals surface area contributed by atoms with Gasteiger partial charge in [-0.3, -0.25) is 9.48 Å². The zero-order valence-corrected chi connectivity index (χ0v) is 12.7. The zero-order valence-electron chi connectivity index (χ0n) is 12.7. The van der Waals surface area contributed by atoms with Crippen LogP contribution in [-0.2, 0) is 17.6 Å². The lowest BCUT2D eigenvalue weighted by atomic mass is 10.1. The van der Waals surface area contributed by atoms with Crippen LogP contribution in [0.15, 0.2) is 30.6 Å². The van der Waals surface area contributed by atoms with Gasteiger partial charge in [-0.25, -0.2) is 4.98 Å². The lowest BCUT2D eigenvalue weighted by Crippen LogP contribution is -2.09. The lowest BCUT2D eigenvalue weighted by Gasteiger charge is -2.08. The van der Waals surface area contributed by atoms with Crippen molar-refractivity contribution in [2.24, 2.45) is 0 Å². The number of methoxy groups -OCH3 is 1. The number of aromatic nitrogens is 3. The zero-order chi connectivity index (χ0) is 15.2. The van der Waals surface area contributed by atoms with Crippen LogP contribution >= 0.6 is 0 Å². The van der Waals surface area contributed by atoms with Crippen LogP contribution in [0, 0.1) is 0 Å². The van der Waals surface area contributed by atoms with Crippen molar-refractivity contribution in [1.29, 1.82) is 0 Å². The molecule has 0 radical (unpaired) electrons. The summed E-state index contributed by atoms with van der Waals surface area (Å²) < 4.78 is 6.91. The van der Waals surface area contributed by atoms with Crippen LogP contribution in [0.1, 0.15) is 37.6 Å². The van der Waals surface area contributed by atoms with Gasteiger partial charge in [0.05, 0.1) is 19.2 Å². The van der Waals surface area contributed by atoms with E-state index in [2.05, 4.69) is 23.9 Å². The molecule has 0 amide bonds. The first-order chi connectivity index (χ1) is 10.1. The van der Waals surface area contributed by atoms with E-state index in [-0.39, 0.29) is 5.78 Å². The second kappa shape index (κ2) is 7.02. The summed E-state index contributed by atoms with van der Waals surface area (Å²) in [6.45, 7) is 4.23. The predicted molar refractivity (Wildman–Crippen MR) is 80.4 cm³/mol. The summed E-state index contributed by atoms with van der Waals surface area (Å²) in [5, 5.41) is 4.45. The molecule has 0 aliphatic carbocycles. The summed E-state index contributed by atoms with van der Waals surface area (Å²) >= 11 is 0. The number of hydrogen-bond acceptors (Lipinski definition) is 4. The van der Waals surface area contributed by atoms with Crippen LogP contribution in [0.2, 0.25) is 0 Å². The Kier molecular flexibility index (Phi) is 5.09. The van der Waals surface area contributed by atoms with Gasteiger partial charge in [0.2, 0.25) is 5.88 Å². The van der Waals surface area contributed by atoms with Crippen molar-refractivity contribution in [3.8, 4) is 5.88 Å².